The minimum absolute atomic E-state index is 0.100. The van der Waals surface area contributed by atoms with Crippen molar-refractivity contribution in [1.82, 2.24) is 10.5 Å². The number of rotatable bonds is 12. The maximum Gasteiger partial charge on any atom is 0.417 e. The molecular formula is C26H19F7N2O7. The van der Waals surface area contributed by atoms with Crippen molar-refractivity contribution in [2.24, 2.45) is 5.92 Å². The van der Waals surface area contributed by atoms with Crippen LogP contribution in [0, 0.1) is 29.2 Å². The van der Waals surface area contributed by atoms with Crippen LogP contribution in [-0.2, 0) is 20.6 Å². The van der Waals surface area contributed by atoms with E-state index in [0.717, 1.165) is 24.3 Å². The lowest BCUT2D eigenvalue weighted by atomic mass is 9.99. The molecule has 2 aromatic carbocycles. The highest BCUT2D eigenvalue weighted by Crippen LogP contribution is 2.37. The largest absolute Gasteiger partial charge is 0.481 e. The molecule has 2 atom stereocenters. The average molecular weight is 604 g/mol. The molecule has 0 unspecified atom stereocenters. The number of ether oxygens (including phenoxy) is 1. The fourth-order valence-corrected chi connectivity index (χ4v) is 3.61. The van der Waals surface area contributed by atoms with Crippen LogP contribution in [0.5, 0.6) is 5.75 Å². The molecule has 9 nitrogen and oxygen atoms in total. The first-order chi connectivity index (χ1) is 19.6. The number of hydrogen-bond donors (Lipinski definition) is 2. The molecule has 0 aliphatic carbocycles. The highest BCUT2D eigenvalue weighted by atomic mass is 19.4. The van der Waals surface area contributed by atoms with Gasteiger partial charge in [0.2, 0.25) is 17.5 Å². The summed E-state index contributed by atoms with van der Waals surface area (Å²) in [6.45, 7) is -0.102. The van der Waals surface area contributed by atoms with Crippen molar-refractivity contribution in [2.75, 3.05) is 6.61 Å². The van der Waals surface area contributed by atoms with Crippen LogP contribution >= 0.6 is 0 Å². The first-order valence-electron chi connectivity index (χ1n) is 11.8. The first-order valence-corrected chi connectivity index (χ1v) is 11.8. The second-order valence-corrected chi connectivity index (χ2v) is 8.86. The Bertz CT molecular complexity index is 1490. The average Bonchev–Trinajstić information content (AvgIpc) is 3.41. The van der Waals surface area contributed by atoms with Gasteiger partial charge in [0.25, 0.3) is 0 Å². The molecule has 0 fully saturated rings. The number of hydrogen-bond acceptors (Lipinski definition) is 7. The number of aromatic nitrogens is 1. The quantitative estimate of drug-likeness (QED) is 0.172. The maximum atomic E-state index is 13.8. The van der Waals surface area contributed by atoms with Gasteiger partial charge in [-0.3, -0.25) is 19.2 Å². The summed E-state index contributed by atoms with van der Waals surface area (Å²) in [6.07, 6.45) is -6.38. The number of aliphatic carboxylic acids is 1. The lowest BCUT2D eigenvalue weighted by Crippen LogP contribution is -2.46. The van der Waals surface area contributed by atoms with Crippen LogP contribution in [0.1, 0.15) is 35.8 Å². The van der Waals surface area contributed by atoms with Crippen LogP contribution in [0.3, 0.4) is 0 Å². The zero-order chi connectivity index (χ0) is 31.4. The monoisotopic (exact) mass is 604 g/mol. The number of amides is 1. The van der Waals surface area contributed by atoms with E-state index >= 15 is 0 Å². The van der Waals surface area contributed by atoms with E-state index in [9.17, 15) is 49.9 Å². The molecule has 0 aliphatic rings. The Hall–Kier alpha value is -4.76. The molecule has 1 heterocycles. The van der Waals surface area contributed by atoms with Gasteiger partial charge in [-0.1, -0.05) is 30.3 Å². The summed E-state index contributed by atoms with van der Waals surface area (Å²) in [5.41, 5.74) is -1.85. The van der Waals surface area contributed by atoms with Crippen molar-refractivity contribution in [1.29, 1.82) is 0 Å². The Morgan fingerprint density at radius 2 is 1.62 bits per heavy atom. The summed E-state index contributed by atoms with van der Waals surface area (Å²) in [6, 6.07) is 3.36. The molecule has 224 valence electrons. The topological polar surface area (TPSA) is 136 Å². The maximum absolute atomic E-state index is 13.8. The highest BCUT2D eigenvalue weighted by molar-refractivity contribution is 5.99. The number of halogens is 7. The van der Waals surface area contributed by atoms with Gasteiger partial charge in [0, 0.05) is 30.0 Å². The zero-order valence-electron chi connectivity index (χ0n) is 21.2. The van der Waals surface area contributed by atoms with E-state index in [0.29, 0.717) is 0 Å². The molecule has 1 aromatic heterocycles. The molecule has 0 radical (unpaired) electrons. The van der Waals surface area contributed by atoms with E-state index in [2.05, 4.69) is 9.89 Å². The number of benzene rings is 2. The Morgan fingerprint density at radius 3 is 2.21 bits per heavy atom. The normalized spacial score (nSPS) is 12.9. The van der Waals surface area contributed by atoms with Gasteiger partial charge in [-0.05, 0) is 6.07 Å². The molecule has 3 rings (SSSR count). The Morgan fingerprint density at radius 1 is 1.00 bits per heavy atom. The van der Waals surface area contributed by atoms with Crippen molar-refractivity contribution < 1.29 is 64.3 Å². The molecular weight excluding hydrogens is 585 g/mol. The number of nitrogens with one attached hydrogen (secondary N) is 1. The van der Waals surface area contributed by atoms with E-state index in [4.69, 9.17) is 9.63 Å². The second kappa shape index (κ2) is 12.8. The van der Waals surface area contributed by atoms with Gasteiger partial charge in [0.1, 0.15) is 18.3 Å². The van der Waals surface area contributed by atoms with E-state index in [1.807, 2.05) is 5.32 Å². The zero-order valence-corrected chi connectivity index (χ0v) is 21.2. The molecule has 0 saturated heterocycles. The SMILES string of the molecule is C[C@H](CC(=O)c1cc(-c2ccccc2C(F)(F)F)on1)C(=O)N[C@@H](CC(=O)O)C(=O)COc1c(F)c(F)cc(F)c1F. The summed E-state index contributed by atoms with van der Waals surface area (Å²) in [7, 11) is 0. The van der Waals surface area contributed by atoms with Crippen LogP contribution in [0.25, 0.3) is 11.3 Å². The molecule has 0 spiro atoms. The summed E-state index contributed by atoms with van der Waals surface area (Å²) in [5, 5.41) is 14.6. The van der Waals surface area contributed by atoms with Crippen molar-refractivity contribution in [3.8, 4) is 17.1 Å². The summed E-state index contributed by atoms with van der Waals surface area (Å²) in [5.74, 6) is -15.5. The number of carbonyl (C=O) groups is 4. The standard InChI is InChI=1S/C26H19F7N2O7/c1-11(6-18(36)17-8-20(42-35-17)12-4-2-3-5-13(12)26(31,32)33)25(40)34-16(9-21(38)39)19(37)10-41-24-22(29)14(27)7-15(28)23(24)30/h2-5,7-8,11,16H,6,9-10H2,1H3,(H,34,40)(H,38,39)/t11-,16+/m1/s1. The molecule has 0 aliphatic heterocycles. The minimum Gasteiger partial charge on any atom is -0.481 e. The van der Waals surface area contributed by atoms with Crippen LogP contribution in [0.15, 0.2) is 40.9 Å². The van der Waals surface area contributed by atoms with Crippen LogP contribution in [0.4, 0.5) is 30.7 Å². The number of carbonyl (C=O) groups excluding carboxylic acids is 3. The molecule has 3 aromatic rings. The number of nitrogens with zero attached hydrogens (tertiary/aromatic N) is 1. The number of carboxylic acid groups (broad SMARTS) is 1. The molecule has 1 amide bonds. The number of ketones is 2. The lowest BCUT2D eigenvalue weighted by molar-refractivity contribution is -0.141. The van der Waals surface area contributed by atoms with Crippen molar-refractivity contribution in [2.45, 2.75) is 32.0 Å². The summed E-state index contributed by atoms with van der Waals surface area (Å²) < 4.78 is 104. The highest BCUT2D eigenvalue weighted by Gasteiger charge is 2.35. The van der Waals surface area contributed by atoms with Gasteiger partial charge >= 0.3 is 12.1 Å². The van der Waals surface area contributed by atoms with Gasteiger partial charge in [-0.2, -0.15) is 22.0 Å². The molecule has 0 saturated carbocycles. The number of carboxylic acids is 1. The van der Waals surface area contributed by atoms with E-state index in [1.165, 1.54) is 13.0 Å². The van der Waals surface area contributed by atoms with Gasteiger partial charge in [-0.25, -0.2) is 8.78 Å². The lowest BCUT2D eigenvalue weighted by Gasteiger charge is -2.19. The second-order valence-electron chi connectivity index (χ2n) is 8.86. The third-order valence-electron chi connectivity index (χ3n) is 5.75. The smallest absolute Gasteiger partial charge is 0.417 e. The first kappa shape index (κ1) is 31.8. The molecule has 16 heteroatoms. The third-order valence-corrected chi connectivity index (χ3v) is 5.75. The predicted octanol–water partition coefficient (Wildman–Crippen LogP) is 4.73. The van der Waals surface area contributed by atoms with Crippen molar-refractivity contribution >= 4 is 23.4 Å². The van der Waals surface area contributed by atoms with Gasteiger partial charge in [0.15, 0.2) is 34.7 Å². The summed E-state index contributed by atoms with van der Waals surface area (Å²) >= 11 is 0. The Labute approximate surface area is 231 Å². The fraction of sp³-hybridized carbons (Fsp3) is 0.269. The Balaban J connectivity index is 1.67. The van der Waals surface area contributed by atoms with E-state index in [-0.39, 0.29) is 17.4 Å². The predicted molar refractivity (Wildman–Crippen MR) is 126 cm³/mol. The van der Waals surface area contributed by atoms with Gasteiger partial charge < -0.3 is 19.7 Å². The number of Topliss-reactive ketones (excluding diaryl/α,β-unsaturated/α-hetero) is 2. The molecule has 42 heavy (non-hydrogen) atoms. The van der Waals surface area contributed by atoms with Crippen LogP contribution < -0.4 is 10.1 Å². The number of alkyl halides is 3. The third kappa shape index (κ3) is 7.50. The van der Waals surface area contributed by atoms with Gasteiger partial charge in [-0.15, -0.1) is 0 Å². The van der Waals surface area contributed by atoms with Gasteiger partial charge in [0.05, 0.1) is 12.0 Å². The van der Waals surface area contributed by atoms with Crippen molar-refractivity contribution in [3.63, 3.8) is 0 Å². The van der Waals surface area contributed by atoms with Crippen LogP contribution in [-0.4, -0.2) is 46.4 Å². The van der Waals surface area contributed by atoms with E-state index in [1.54, 1.807) is 0 Å². The van der Waals surface area contributed by atoms with Crippen LogP contribution in [0.2, 0.25) is 0 Å². The Kier molecular flexibility index (Phi) is 9.70. The summed E-state index contributed by atoms with van der Waals surface area (Å²) in [4.78, 5) is 48.9. The van der Waals surface area contributed by atoms with E-state index < -0.39 is 101 Å². The molecule has 2 N–H and O–H groups in total. The molecule has 0 bridgehead atoms. The fourth-order valence-electron chi connectivity index (χ4n) is 3.61. The van der Waals surface area contributed by atoms with Crippen molar-refractivity contribution in [3.05, 3.63) is 70.9 Å². The minimum atomic E-state index is -4.73.